The van der Waals surface area contributed by atoms with Crippen LogP contribution in [0.1, 0.15) is 0 Å². The summed E-state index contributed by atoms with van der Waals surface area (Å²) < 4.78 is 10.3. The van der Waals surface area contributed by atoms with Crippen LogP contribution in [-0.2, 0) is 0 Å². The molecule has 0 spiro atoms. The zero-order valence-electron chi connectivity index (χ0n) is 8.23. The Hall–Kier alpha value is -1.89. The molecular weight excluding hydrogens is 198 g/mol. The third kappa shape index (κ3) is 1.82. The van der Waals surface area contributed by atoms with E-state index in [-0.39, 0.29) is 6.01 Å². The molecule has 0 aliphatic heterocycles. The van der Waals surface area contributed by atoms with E-state index in [1.807, 2.05) is 0 Å². The predicted molar refractivity (Wildman–Crippen MR) is 52.8 cm³/mol. The highest BCUT2D eigenvalue weighted by Gasteiger charge is 2.10. The molecule has 0 saturated heterocycles. The van der Waals surface area contributed by atoms with Gasteiger partial charge in [-0.05, 0) is 0 Å². The third-order valence-electron chi connectivity index (χ3n) is 1.77. The van der Waals surface area contributed by atoms with E-state index in [0.717, 1.165) is 0 Å². The number of hydrogen-bond donors (Lipinski definition) is 2. The fourth-order valence-electron chi connectivity index (χ4n) is 1.15. The molecule has 7 nitrogen and oxygen atoms in total. The van der Waals surface area contributed by atoms with Crippen LogP contribution in [0.3, 0.4) is 0 Å². The lowest BCUT2D eigenvalue weighted by Gasteiger charge is -2.04. The lowest BCUT2D eigenvalue weighted by atomic mass is 10.5. The number of nitrogens with one attached hydrogen (secondary N) is 1. The van der Waals surface area contributed by atoms with Gasteiger partial charge in [-0.2, -0.15) is 9.97 Å². The summed E-state index contributed by atoms with van der Waals surface area (Å²) in [6.07, 6.45) is 1.52. The number of H-pyrrole nitrogens is 1. The molecule has 80 valence electrons. The van der Waals surface area contributed by atoms with Gasteiger partial charge in [0.25, 0.3) is 0 Å². The minimum Gasteiger partial charge on any atom is -0.479 e. The molecule has 2 heterocycles. The molecule has 2 rings (SSSR count). The van der Waals surface area contributed by atoms with Crippen LogP contribution < -0.4 is 15.2 Å². The van der Waals surface area contributed by atoms with Crippen LogP contribution in [-0.4, -0.2) is 40.2 Å². The van der Waals surface area contributed by atoms with Gasteiger partial charge >= 0.3 is 6.01 Å². The normalized spacial score (nSPS) is 10.5. The van der Waals surface area contributed by atoms with Crippen LogP contribution in [0, 0.1) is 0 Å². The molecule has 0 bridgehead atoms. The fourth-order valence-corrected chi connectivity index (χ4v) is 1.15. The van der Waals surface area contributed by atoms with E-state index in [4.69, 9.17) is 15.2 Å². The van der Waals surface area contributed by atoms with E-state index in [2.05, 4.69) is 19.9 Å². The number of methoxy groups -OCH3 is 1. The zero-order valence-corrected chi connectivity index (χ0v) is 8.23. The van der Waals surface area contributed by atoms with E-state index < -0.39 is 0 Å². The van der Waals surface area contributed by atoms with Crippen molar-refractivity contribution in [3.8, 4) is 11.9 Å². The second kappa shape index (κ2) is 4.09. The Balaban J connectivity index is 2.40. The van der Waals surface area contributed by atoms with Gasteiger partial charge in [-0.1, -0.05) is 0 Å². The molecule has 0 saturated carbocycles. The van der Waals surface area contributed by atoms with Gasteiger partial charge in [-0.15, -0.1) is 0 Å². The van der Waals surface area contributed by atoms with Gasteiger partial charge < -0.3 is 20.2 Å². The summed E-state index contributed by atoms with van der Waals surface area (Å²) >= 11 is 0. The molecule has 15 heavy (non-hydrogen) atoms. The van der Waals surface area contributed by atoms with Crippen molar-refractivity contribution in [1.29, 1.82) is 0 Å². The SMILES string of the molecule is COc1nc(OCCN)nc2nc[nH]c12. The second-order valence-electron chi connectivity index (χ2n) is 2.75. The van der Waals surface area contributed by atoms with Crippen LogP contribution in [0.25, 0.3) is 11.2 Å². The van der Waals surface area contributed by atoms with Crippen LogP contribution in [0.5, 0.6) is 11.9 Å². The number of aromatic amines is 1. The summed E-state index contributed by atoms with van der Waals surface area (Å²) in [5.74, 6) is 0.407. The van der Waals surface area contributed by atoms with Gasteiger partial charge in [0.2, 0.25) is 5.88 Å². The van der Waals surface area contributed by atoms with Gasteiger partial charge in [0.1, 0.15) is 12.1 Å². The van der Waals surface area contributed by atoms with Crippen molar-refractivity contribution in [3.05, 3.63) is 6.33 Å². The van der Waals surface area contributed by atoms with E-state index in [0.29, 0.717) is 30.2 Å². The minimum absolute atomic E-state index is 0.219. The van der Waals surface area contributed by atoms with Gasteiger partial charge in [-0.25, -0.2) is 4.98 Å². The number of rotatable bonds is 4. The minimum atomic E-state index is 0.219. The van der Waals surface area contributed by atoms with Crippen molar-refractivity contribution < 1.29 is 9.47 Å². The predicted octanol–water partition coefficient (Wildman–Crippen LogP) is -0.301. The molecule has 0 amide bonds. The summed E-state index contributed by atoms with van der Waals surface area (Å²) in [7, 11) is 1.52. The van der Waals surface area contributed by atoms with Crippen molar-refractivity contribution in [2.24, 2.45) is 5.73 Å². The Labute approximate surface area is 85.6 Å². The number of ether oxygens (including phenoxy) is 2. The van der Waals surface area contributed by atoms with Crippen LogP contribution >= 0.6 is 0 Å². The Morgan fingerprint density at radius 3 is 3.07 bits per heavy atom. The molecule has 0 aromatic carbocycles. The molecule has 2 aromatic rings. The maximum Gasteiger partial charge on any atom is 0.321 e. The monoisotopic (exact) mass is 209 g/mol. The van der Waals surface area contributed by atoms with Gasteiger partial charge in [0.05, 0.1) is 13.4 Å². The molecule has 2 aromatic heterocycles. The van der Waals surface area contributed by atoms with Crippen molar-refractivity contribution in [3.63, 3.8) is 0 Å². The molecule has 0 unspecified atom stereocenters. The summed E-state index contributed by atoms with van der Waals surface area (Å²) in [4.78, 5) is 15.0. The van der Waals surface area contributed by atoms with Crippen LogP contribution in [0.4, 0.5) is 0 Å². The maximum absolute atomic E-state index is 5.31. The van der Waals surface area contributed by atoms with Crippen molar-refractivity contribution in [2.75, 3.05) is 20.3 Å². The highest BCUT2D eigenvalue weighted by molar-refractivity contribution is 5.75. The largest absolute Gasteiger partial charge is 0.479 e. The Kier molecular flexibility index (Phi) is 2.64. The first-order valence-electron chi connectivity index (χ1n) is 4.43. The smallest absolute Gasteiger partial charge is 0.321 e. The summed E-state index contributed by atoms with van der Waals surface area (Å²) in [6.45, 7) is 0.767. The highest BCUT2D eigenvalue weighted by Crippen LogP contribution is 2.20. The first kappa shape index (κ1) is 9.66. The average Bonchev–Trinajstić information content (AvgIpc) is 2.73. The lowest BCUT2D eigenvalue weighted by Crippen LogP contribution is -2.12. The van der Waals surface area contributed by atoms with Crippen molar-refractivity contribution in [2.45, 2.75) is 0 Å². The average molecular weight is 209 g/mol. The van der Waals surface area contributed by atoms with Crippen molar-refractivity contribution in [1.82, 2.24) is 19.9 Å². The summed E-state index contributed by atoms with van der Waals surface area (Å²) in [5.41, 5.74) is 6.46. The second-order valence-corrected chi connectivity index (χ2v) is 2.75. The number of aromatic nitrogens is 4. The standard InChI is InChI=1S/C8H11N5O2/c1-14-7-5-6(11-4-10-5)12-8(13-7)15-3-2-9/h4H,2-3,9H2,1H3,(H,10,11,12,13). The molecule has 0 fully saturated rings. The maximum atomic E-state index is 5.31. The lowest BCUT2D eigenvalue weighted by molar-refractivity contribution is 0.295. The molecule has 3 N–H and O–H groups in total. The number of hydrogen-bond acceptors (Lipinski definition) is 6. The van der Waals surface area contributed by atoms with Gasteiger partial charge in [-0.3, -0.25) is 0 Å². The van der Waals surface area contributed by atoms with Crippen molar-refractivity contribution >= 4 is 11.2 Å². The molecule has 7 heteroatoms. The molecular formula is C8H11N5O2. The first-order chi connectivity index (χ1) is 7.35. The third-order valence-corrected chi connectivity index (χ3v) is 1.77. The molecule has 0 atom stereocenters. The number of nitrogens with two attached hydrogens (primary N) is 1. The Bertz CT molecular complexity index is 455. The number of nitrogens with zero attached hydrogens (tertiary/aromatic N) is 3. The molecule has 0 aliphatic rings. The number of fused-ring (bicyclic) bond motifs is 1. The van der Waals surface area contributed by atoms with E-state index in [1.165, 1.54) is 13.4 Å². The van der Waals surface area contributed by atoms with Gasteiger partial charge in [0, 0.05) is 6.54 Å². The van der Waals surface area contributed by atoms with E-state index in [1.54, 1.807) is 0 Å². The van der Waals surface area contributed by atoms with Gasteiger partial charge in [0.15, 0.2) is 5.65 Å². The topological polar surface area (TPSA) is 98.9 Å². The van der Waals surface area contributed by atoms with E-state index >= 15 is 0 Å². The quantitative estimate of drug-likeness (QED) is 0.717. The fraction of sp³-hybridized carbons (Fsp3) is 0.375. The Morgan fingerprint density at radius 1 is 1.47 bits per heavy atom. The Morgan fingerprint density at radius 2 is 2.33 bits per heavy atom. The summed E-state index contributed by atoms with van der Waals surface area (Å²) in [5, 5.41) is 0. The molecule has 0 aliphatic carbocycles. The van der Waals surface area contributed by atoms with E-state index in [9.17, 15) is 0 Å². The molecule has 0 radical (unpaired) electrons. The van der Waals surface area contributed by atoms with Crippen LogP contribution in [0.2, 0.25) is 0 Å². The zero-order chi connectivity index (χ0) is 10.7. The number of imidazole rings is 1. The summed E-state index contributed by atoms with van der Waals surface area (Å²) in [6, 6.07) is 0.219. The highest BCUT2D eigenvalue weighted by atomic mass is 16.5. The first-order valence-corrected chi connectivity index (χ1v) is 4.43. The van der Waals surface area contributed by atoms with Crippen LogP contribution in [0.15, 0.2) is 6.33 Å².